The van der Waals surface area contributed by atoms with Crippen molar-refractivity contribution >= 4 is 17.6 Å². The maximum atomic E-state index is 11.3. The number of oxime groups is 1. The molecule has 2 atom stereocenters. The molecule has 0 aromatic heterocycles. The second-order valence-corrected chi connectivity index (χ2v) is 3.42. The Morgan fingerprint density at radius 3 is 2.93 bits per heavy atom. The molecule has 5 N–H and O–H groups in total. The molecular weight excluding hydrogens is 200 g/mol. The Labute approximate surface area is 86.7 Å². The molecule has 7 heteroatoms. The summed E-state index contributed by atoms with van der Waals surface area (Å²) in [6, 6.07) is -0.892. The average molecular weight is 214 g/mol. The number of nitrogens with one attached hydrogen (secondary N) is 2. The van der Waals surface area contributed by atoms with Gasteiger partial charge in [0.2, 0.25) is 11.8 Å². The fourth-order valence-corrected chi connectivity index (χ4v) is 1.33. The molecule has 1 aliphatic rings. The number of carbonyl (C=O) groups is 2. The Morgan fingerprint density at radius 2 is 2.40 bits per heavy atom. The highest BCUT2D eigenvalue weighted by Crippen LogP contribution is 2.05. The fourth-order valence-electron chi connectivity index (χ4n) is 1.33. The lowest BCUT2D eigenvalue weighted by Gasteiger charge is -2.24. The molecule has 1 saturated heterocycles. The number of amidine groups is 1. The number of carbonyl (C=O) groups excluding carboxylic acids is 2. The number of hydrogen-bond donors (Lipinski definition) is 4. The zero-order valence-corrected chi connectivity index (χ0v) is 8.36. The van der Waals surface area contributed by atoms with Crippen LogP contribution in [-0.4, -0.2) is 34.9 Å². The molecule has 2 amide bonds. The average Bonchev–Trinajstić information content (AvgIpc) is 2.20. The van der Waals surface area contributed by atoms with Gasteiger partial charge in [0.1, 0.15) is 0 Å². The van der Waals surface area contributed by atoms with E-state index in [9.17, 15) is 9.59 Å². The smallest absolute Gasteiger partial charge is 0.243 e. The van der Waals surface area contributed by atoms with Gasteiger partial charge in [-0.15, -0.1) is 0 Å². The standard InChI is InChI=1S/C8H14N4O3/c1-4(7(9)12-15)10-5-2-3-6(13)11-8(5)14/h4-5,10,15H,2-3H2,1H3,(H2,9,12)(H,11,13,14). The second kappa shape index (κ2) is 4.74. The number of nitrogens with two attached hydrogens (primary N) is 1. The zero-order chi connectivity index (χ0) is 11.4. The molecule has 1 fully saturated rings. The molecule has 2 unspecified atom stereocenters. The van der Waals surface area contributed by atoms with Crippen LogP contribution in [0.4, 0.5) is 0 Å². The predicted molar refractivity (Wildman–Crippen MR) is 52.2 cm³/mol. The number of nitrogens with zero attached hydrogens (tertiary/aromatic N) is 1. The maximum absolute atomic E-state index is 11.3. The van der Waals surface area contributed by atoms with Gasteiger partial charge in [-0.2, -0.15) is 0 Å². The summed E-state index contributed by atoms with van der Waals surface area (Å²) in [7, 11) is 0. The molecule has 0 aromatic carbocycles. The summed E-state index contributed by atoms with van der Waals surface area (Å²) in [6.45, 7) is 1.67. The molecule has 1 heterocycles. The van der Waals surface area contributed by atoms with Crippen LogP contribution >= 0.6 is 0 Å². The minimum Gasteiger partial charge on any atom is -0.409 e. The molecule has 0 spiro atoms. The van der Waals surface area contributed by atoms with Crippen molar-refractivity contribution < 1.29 is 14.8 Å². The number of piperidine rings is 1. The van der Waals surface area contributed by atoms with Crippen LogP contribution in [0.3, 0.4) is 0 Å². The Hall–Kier alpha value is -1.63. The van der Waals surface area contributed by atoms with Crippen molar-refractivity contribution in [2.45, 2.75) is 31.8 Å². The summed E-state index contributed by atoms with van der Waals surface area (Å²) in [6.07, 6.45) is 0.722. The highest BCUT2D eigenvalue weighted by molar-refractivity contribution is 6.00. The van der Waals surface area contributed by atoms with E-state index in [1.165, 1.54) is 0 Å². The van der Waals surface area contributed by atoms with Crippen LogP contribution in [-0.2, 0) is 9.59 Å². The summed E-state index contributed by atoms with van der Waals surface area (Å²) >= 11 is 0. The number of hydrogen-bond acceptors (Lipinski definition) is 5. The maximum Gasteiger partial charge on any atom is 0.243 e. The van der Waals surface area contributed by atoms with E-state index in [0.29, 0.717) is 12.8 Å². The molecule has 0 bridgehead atoms. The number of rotatable bonds is 3. The van der Waals surface area contributed by atoms with Crippen molar-refractivity contribution in [2.75, 3.05) is 0 Å². The quantitative estimate of drug-likeness (QED) is 0.150. The van der Waals surface area contributed by atoms with Gasteiger partial charge in [-0.05, 0) is 13.3 Å². The molecule has 0 aromatic rings. The first-order valence-corrected chi connectivity index (χ1v) is 4.61. The van der Waals surface area contributed by atoms with E-state index in [0.717, 1.165) is 0 Å². The number of imide groups is 1. The summed E-state index contributed by atoms with van der Waals surface area (Å²) in [5, 5.41) is 16.3. The first-order chi connectivity index (χ1) is 7.04. The van der Waals surface area contributed by atoms with Gasteiger partial charge in [-0.3, -0.25) is 20.2 Å². The van der Waals surface area contributed by atoms with Gasteiger partial charge in [-0.25, -0.2) is 0 Å². The lowest BCUT2D eigenvalue weighted by molar-refractivity contribution is -0.134. The van der Waals surface area contributed by atoms with Gasteiger partial charge in [0.25, 0.3) is 0 Å². The fraction of sp³-hybridized carbons (Fsp3) is 0.625. The Balaban J connectivity index is 2.52. The van der Waals surface area contributed by atoms with Gasteiger partial charge in [-0.1, -0.05) is 5.16 Å². The van der Waals surface area contributed by atoms with Gasteiger partial charge in [0.15, 0.2) is 5.84 Å². The monoisotopic (exact) mass is 214 g/mol. The Morgan fingerprint density at radius 1 is 1.73 bits per heavy atom. The van der Waals surface area contributed by atoms with Crippen molar-refractivity contribution in [1.29, 1.82) is 0 Å². The first kappa shape index (κ1) is 11.4. The van der Waals surface area contributed by atoms with E-state index in [1.54, 1.807) is 6.92 Å². The van der Waals surface area contributed by atoms with Crippen LogP contribution in [0.15, 0.2) is 5.16 Å². The third kappa shape index (κ3) is 2.91. The van der Waals surface area contributed by atoms with E-state index in [2.05, 4.69) is 15.8 Å². The Kier molecular flexibility index (Phi) is 3.62. The summed E-state index contributed by atoms with van der Waals surface area (Å²) in [4.78, 5) is 22.2. The summed E-state index contributed by atoms with van der Waals surface area (Å²) in [5.41, 5.74) is 5.35. The third-order valence-corrected chi connectivity index (χ3v) is 2.25. The van der Waals surface area contributed by atoms with Crippen LogP contribution in [0.5, 0.6) is 0 Å². The van der Waals surface area contributed by atoms with E-state index in [-0.39, 0.29) is 17.6 Å². The minimum absolute atomic E-state index is 0.000278. The van der Waals surface area contributed by atoms with E-state index in [4.69, 9.17) is 10.9 Å². The van der Waals surface area contributed by atoms with Gasteiger partial charge in [0, 0.05) is 6.42 Å². The van der Waals surface area contributed by atoms with Gasteiger partial charge < -0.3 is 10.9 Å². The van der Waals surface area contributed by atoms with Crippen molar-refractivity contribution in [1.82, 2.24) is 10.6 Å². The van der Waals surface area contributed by atoms with Gasteiger partial charge in [0.05, 0.1) is 12.1 Å². The van der Waals surface area contributed by atoms with Crippen LogP contribution in [0.2, 0.25) is 0 Å². The molecule has 0 radical (unpaired) electrons. The molecular formula is C8H14N4O3. The molecule has 84 valence electrons. The van der Waals surface area contributed by atoms with Crippen LogP contribution in [0, 0.1) is 0 Å². The highest BCUT2D eigenvalue weighted by Gasteiger charge is 2.28. The van der Waals surface area contributed by atoms with Gasteiger partial charge >= 0.3 is 0 Å². The zero-order valence-electron chi connectivity index (χ0n) is 8.36. The molecule has 15 heavy (non-hydrogen) atoms. The van der Waals surface area contributed by atoms with Crippen LogP contribution in [0.1, 0.15) is 19.8 Å². The second-order valence-electron chi connectivity index (χ2n) is 3.42. The SMILES string of the molecule is CC(NC1CCC(=O)NC1=O)C(N)=NO. The molecule has 0 aliphatic carbocycles. The normalized spacial score (nSPS) is 24.9. The first-order valence-electron chi connectivity index (χ1n) is 4.61. The topological polar surface area (TPSA) is 117 Å². The highest BCUT2D eigenvalue weighted by atomic mass is 16.4. The third-order valence-electron chi connectivity index (χ3n) is 2.25. The van der Waals surface area contributed by atoms with Crippen molar-refractivity contribution in [3.05, 3.63) is 0 Å². The van der Waals surface area contributed by atoms with Crippen molar-refractivity contribution in [3.63, 3.8) is 0 Å². The van der Waals surface area contributed by atoms with Crippen LogP contribution < -0.4 is 16.4 Å². The minimum atomic E-state index is -0.474. The van der Waals surface area contributed by atoms with E-state index in [1.807, 2.05) is 0 Å². The van der Waals surface area contributed by atoms with Crippen molar-refractivity contribution in [3.8, 4) is 0 Å². The van der Waals surface area contributed by atoms with E-state index < -0.39 is 12.1 Å². The summed E-state index contributed by atoms with van der Waals surface area (Å²) in [5.74, 6) is -0.641. The largest absolute Gasteiger partial charge is 0.409 e. The lowest BCUT2D eigenvalue weighted by Crippen LogP contribution is -2.55. The molecule has 0 saturated carbocycles. The van der Waals surface area contributed by atoms with Crippen LogP contribution in [0.25, 0.3) is 0 Å². The molecule has 7 nitrogen and oxygen atoms in total. The Bertz CT molecular complexity index is 302. The van der Waals surface area contributed by atoms with Crippen molar-refractivity contribution in [2.24, 2.45) is 10.9 Å². The predicted octanol–water partition coefficient (Wildman–Crippen LogP) is -1.48. The number of amides is 2. The summed E-state index contributed by atoms with van der Waals surface area (Å²) < 4.78 is 0. The lowest BCUT2D eigenvalue weighted by atomic mass is 10.1. The molecule has 1 rings (SSSR count). The van der Waals surface area contributed by atoms with E-state index >= 15 is 0 Å². The molecule has 1 aliphatic heterocycles.